The van der Waals surface area contributed by atoms with Crippen molar-refractivity contribution in [3.63, 3.8) is 0 Å². The first-order valence-corrected chi connectivity index (χ1v) is 6.53. The molecule has 5 nitrogen and oxygen atoms in total. The van der Waals surface area contributed by atoms with Gasteiger partial charge >= 0.3 is 5.97 Å². The average Bonchev–Trinajstić information content (AvgIpc) is 2.87. The third kappa shape index (κ3) is 2.54. The van der Waals surface area contributed by atoms with Crippen molar-refractivity contribution in [2.24, 2.45) is 0 Å². The lowest BCUT2D eigenvalue weighted by molar-refractivity contribution is -0.138. The Morgan fingerprint density at radius 2 is 2.22 bits per heavy atom. The van der Waals surface area contributed by atoms with E-state index in [1.165, 1.54) is 0 Å². The quantitative estimate of drug-likeness (QED) is 0.863. The van der Waals surface area contributed by atoms with Crippen LogP contribution in [0.2, 0.25) is 0 Å². The molecule has 0 amide bonds. The highest BCUT2D eigenvalue weighted by Crippen LogP contribution is 2.39. The van der Waals surface area contributed by atoms with E-state index in [9.17, 15) is 4.79 Å². The van der Waals surface area contributed by atoms with Crippen LogP contribution in [0.3, 0.4) is 0 Å². The summed E-state index contributed by atoms with van der Waals surface area (Å²) in [4.78, 5) is 10.9. The molecule has 0 aromatic heterocycles. The Hall–Kier alpha value is -1.40. The van der Waals surface area contributed by atoms with Crippen LogP contribution in [0.15, 0.2) is 18.2 Å². The molecule has 0 bridgehead atoms. The number of carboxylic acids is 1. The smallest absolute Gasteiger partial charge is 0.321 e. The molecule has 2 rings (SSSR count). The van der Waals surface area contributed by atoms with Gasteiger partial charge in [-0.3, -0.25) is 10.1 Å². The third-order valence-electron chi connectivity index (χ3n) is 2.80. The second kappa shape index (κ2) is 5.49. The Balaban J connectivity index is 2.21. The molecule has 1 heterocycles. The van der Waals surface area contributed by atoms with E-state index in [-0.39, 0.29) is 5.37 Å². The molecule has 6 heteroatoms. The fourth-order valence-electron chi connectivity index (χ4n) is 1.83. The summed E-state index contributed by atoms with van der Waals surface area (Å²) in [7, 11) is 3.18. The molecule has 1 saturated heterocycles. The van der Waals surface area contributed by atoms with Gasteiger partial charge in [0.05, 0.1) is 19.6 Å². The van der Waals surface area contributed by atoms with E-state index in [0.29, 0.717) is 17.3 Å². The molecule has 1 aromatic carbocycles. The normalized spacial score (nSPS) is 22.8. The van der Waals surface area contributed by atoms with Crippen molar-refractivity contribution in [3.05, 3.63) is 23.8 Å². The molecule has 1 fully saturated rings. The number of methoxy groups -OCH3 is 2. The van der Waals surface area contributed by atoms with Gasteiger partial charge in [0, 0.05) is 17.4 Å². The van der Waals surface area contributed by atoms with Crippen molar-refractivity contribution in [3.8, 4) is 11.5 Å². The molecule has 2 atom stereocenters. The topological polar surface area (TPSA) is 67.8 Å². The molecule has 0 aliphatic carbocycles. The molecular formula is C12H15NO4S. The maximum atomic E-state index is 10.9. The molecular weight excluding hydrogens is 254 g/mol. The van der Waals surface area contributed by atoms with E-state index in [1.807, 2.05) is 12.1 Å². The third-order valence-corrected chi connectivity index (χ3v) is 4.05. The van der Waals surface area contributed by atoms with Gasteiger partial charge in [0.25, 0.3) is 0 Å². The van der Waals surface area contributed by atoms with Gasteiger partial charge in [0.2, 0.25) is 0 Å². The van der Waals surface area contributed by atoms with Crippen LogP contribution in [0.5, 0.6) is 11.5 Å². The molecule has 0 radical (unpaired) electrons. The molecule has 98 valence electrons. The Bertz CT molecular complexity index is 452. The van der Waals surface area contributed by atoms with Gasteiger partial charge in [-0.25, -0.2) is 0 Å². The fraction of sp³-hybridized carbons (Fsp3) is 0.417. The molecule has 18 heavy (non-hydrogen) atoms. The van der Waals surface area contributed by atoms with Crippen molar-refractivity contribution < 1.29 is 19.4 Å². The zero-order valence-electron chi connectivity index (χ0n) is 10.2. The Morgan fingerprint density at radius 3 is 2.78 bits per heavy atom. The number of thioether (sulfide) groups is 1. The first kappa shape index (κ1) is 13.0. The predicted molar refractivity (Wildman–Crippen MR) is 69.3 cm³/mol. The fourth-order valence-corrected chi connectivity index (χ4v) is 3.09. The Labute approximate surface area is 109 Å². The zero-order valence-corrected chi connectivity index (χ0v) is 11.0. The number of nitrogens with one attached hydrogen (secondary N) is 1. The minimum Gasteiger partial charge on any atom is -0.497 e. The summed E-state index contributed by atoms with van der Waals surface area (Å²) in [6.07, 6.45) is 0. The molecule has 0 spiro atoms. The van der Waals surface area contributed by atoms with E-state index >= 15 is 0 Å². The van der Waals surface area contributed by atoms with Gasteiger partial charge in [0.15, 0.2) is 0 Å². The van der Waals surface area contributed by atoms with Crippen molar-refractivity contribution in [2.45, 2.75) is 11.4 Å². The van der Waals surface area contributed by atoms with Gasteiger partial charge in [-0.1, -0.05) is 0 Å². The van der Waals surface area contributed by atoms with E-state index in [1.54, 1.807) is 32.0 Å². The largest absolute Gasteiger partial charge is 0.497 e. The predicted octanol–water partition coefficient (Wildman–Crippen LogP) is 1.49. The molecule has 2 N–H and O–H groups in total. The van der Waals surface area contributed by atoms with Crippen molar-refractivity contribution in [1.29, 1.82) is 0 Å². The summed E-state index contributed by atoms with van der Waals surface area (Å²) < 4.78 is 10.4. The van der Waals surface area contributed by atoms with E-state index in [4.69, 9.17) is 14.6 Å². The molecule has 0 saturated carbocycles. The van der Waals surface area contributed by atoms with Crippen molar-refractivity contribution in [1.82, 2.24) is 5.32 Å². The molecule has 1 unspecified atom stereocenters. The van der Waals surface area contributed by atoms with Crippen LogP contribution >= 0.6 is 11.8 Å². The summed E-state index contributed by atoms with van der Waals surface area (Å²) in [6, 6.07) is 5.03. The lowest BCUT2D eigenvalue weighted by atomic mass is 10.1. The van der Waals surface area contributed by atoms with Crippen LogP contribution in [0.1, 0.15) is 10.9 Å². The Kier molecular flexibility index (Phi) is 3.98. The Morgan fingerprint density at radius 1 is 1.44 bits per heavy atom. The summed E-state index contributed by atoms with van der Waals surface area (Å²) in [5, 5.41) is 12.0. The number of rotatable bonds is 4. The molecule has 1 aliphatic heterocycles. The maximum absolute atomic E-state index is 10.9. The highest BCUT2D eigenvalue weighted by Gasteiger charge is 2.31. The van der Waals surface area contributed by atoms with E-state index in [2.05, 4.69) is 5.32 Å². The summed E-state index contributed by atoms with van der Waals surface area (Å²) in [6.45, 7) is 0. The van der Waals surface area contributed by atoms with Gasteiger partial charge in [-0.05, 0) is 12.1 Å². The second-order valence-electron chi connectivity index (χ2n) is 3.88. The summed E-state index contributed by atoms with van der Waals surface area (Å²) in [5.74, 6) is 1.14. The average molecular weight is 269 g/mol. The first-order chi connectivity index (χ1) is 8.65. The minimum absolute atomic E-state index is 0.0630. The van der Waals surface area contributed by atoms with Gasteiger partial charge in [-0.15, -0.1) is 11.8 Å². The monoisotopic (exact) mass is 269 g/mol. The number of ether oxygens (including phenoxy) is 2. The van der Waals surface area contributed by atoms with Crippen LogP contribution in [-0.4, -0.2) is 37.1 Å². The number of aliphatic carboxylic acids is 1. The standard InChI is InChI=1S/C12H15NO4S/c1-16-7-3-4-8(10(5-7)17-2)11-13-9(6-18-11)12(14)15/h3-5,9,11,13H,6H2,1-2H3,(H,14,15)/t9?,11-/m1/s1. The van der Waals surface area contributed by atoms with E-state index in [0.717, 1.165) is 5.56 Å². The van der Waals surface area contributed by atoms with Crippen LogP contribution in [0.4, 0.5) is 0 Å². The summed E-state index contributed by atoms with van der Waals surface area (Å²) in [5.41, 5.74) is 0.937. The number of hydrogen-bond donors (Lipinski definition) is 2. The van der Waals surface area contributed by atoms with Crippen LogP contribution in [0.25, 0.3) is 0 Å². The number of hydrogen-bond acceptors (Lipinski definition) is 5. The van der Waals surface area contributed by atoms with Crippen molar-refractivity contribution in [2.75, 3.05) is 20.0 Å². The number of benzene rings is 1. The van der Waals surface area contributed by atoms with Crippen LogP contribution < -0.4 is 14.8 Å². The van der Waals surface area contributed by atoms with Crippen LogP contribution in [-0.2, 0) is 4.79 Å². The summed E-state index contributed by atoms with van der Waals surface area (Å²) >= 11 is 1.56. The zero-order chi connectivity index (χ0) is 13.1. The van der Waals surface area contributed by atoms with Gasteiger partial charge in [0.1, 0.15) is 17.5 Å². The van der Waals surface area contributed by atoms with Gasteiger partial charge in [-0.2, -0.15) is 0 Å². The number of carboxylic acid groups (broad SMARTS) is 1. The first-order valence-electron chi connectivity index (χ1n) is 5.48. The van der Waals surface area contributed by atoms with E-state index < -0.39 is 12.0 Å². The minimum atomic E-state index is -0.822. The second-order valence-corrected chi connectivity index (χ2v) is 5.02. The molecule has 1 aromatic rings. The maximum Gasteiger partial charge on any atom is 0.321 e. The lowest BCUT2D eigenvalue weighted by Crippen LogP contribution is -2.33. The SMILES string of the molecule is COc1ccc([C@@H]2NC(C(=O)O)CS2)c(OC)c1. The highest BCUT2D eigenvalue weighted by molar-refractivity contribution is 7.99. The highest BCUT2D eigenvalue weighted by atomic mass is 32.2. The van der Waals surface area contributed by atoms with Crippen LogP contribution in [0, 0.1) is 0 Å². The number of carbonyl (C=O) groups is 1. The van der Waals surface area contributed by atoms with Gasteiger partial charge < -0.3 is 14.6 Å². The molecule has 1 aliphatic rings. The van der Waals surface area contributed by atoms with Crippen molar-refractivity contribution >= 4 is 17.7 Å². The lowest BCUT2D eigenvalue weighted by Gasteiger charge is -2.16.